The van der Waals surface area contributed by atoms with Gasteiger partial charge < -0.3 is 10.1 Å². The van der Waals surface area contributed by atoms with Gasteiger partial charge in [0, 0.05) is 11.3 Å². The normalized spacial score (nSPS) is 11.0. The monoisotopic (exact) mass is 404 g/mol. The van der Waals surface area contributed by atoms with E-state index in [-0.39, 0.29) is 11.4 Å². The van der Waals surface area contributed by atoms with Crippen molar-refractivity contribution in [1.29, 1.82) is 0 Å². The second-order valence-corrected chi connectivity index (χ2v) is 8.15. The first-order valence-electron chi connectivity index (χ1n) is 8.62. The molecule has 0 aliphatic heterocycles. The number of ether oxygens (including phenoxy) is 1. The first-order chi connectivity index (χ1) is 13.1. The summed E-state index contributed by atoms with van der Waals surface area (Å²) in [5.74, 6) is -1.02. The van der Waals surface area contributed by atoms with E-state index in [4.69, 9.17) is 0 Å². The Morgan fingerprint density at radius 3 is 2.00 bits per heavy atom. The van der Waals surface area contributed by atoms with Gasteiger partial charge in [0.05, 0.1) is 12.0 Å². The number of esters is 1. The number of benzene rings is 2. The van der Waals surface area contributed by atoms with Crippen molar-refractivity contribution in [3.63, 3.8) is 0 Å². The molecule has 2 N–H and O–H groups in total. The van der Waals surface area contributed by atoms with Gasteiger partial charge >= 0.3 is 5.97 Å². The molecule has 28 heavy (non-hydrogen) atoms. The van der Waals surface area contributed by atoms with Crippen molar-refractivity contribution in [3.8, 4) is 0 Å². The van der Waals surface area contributed by atoms with Crippen molar-refractivity contribution in [1.82, 2.24) is 5.32 Å². The fourth-order valence-electron chi connectivity index (χ4n) is 2.81. The molecule has 0 spiro atoms. The number of aryl methyl sites for hydroxylation is 2. The molecule has 0 unspecified atom stereocenters. The maximum absolute atomic E-state index is 12.9. The molecule has 150 valence electrons. The molecule has 1 amide bonds. The lowest BCUT2D eigenvalue weighted by Crippen LogP contribution is -2.30. The molecule has 0 aromatic heterocycles. The van der Waals surface area contributed by atoms with Crippen LogP contribution in [0.25, 0.3) is 0 Å². The van der Waals surface area contributed by atoms with Crippen molar-refractivity contribution < 1.29 is 22.7 Å². The van der Waals surface area contributed by atoms with E-state index >= 15 is 0 Å². The van der Waals surface area contributed by atoms with Crippen LogP contribution in [0.15, 0.2) is 35.2 Å². The van der Waals surface area contributed by atoms with Gasteiger partial charge in [-0.1, -0.05) is 6.07 Å². The largest absolute Gasteiger partial charge is 0.468 e. The third kappa shape index (κ3) is 4.69. The van der Waals surface area contributed by atoms with E-state index in [1.165, 1.54) is 31.4 Å². The summed E-state index contributed by atoms with van der Waals surface area (Å²) >= 11 is 0. The van der Waals surface area contributed by atoms with Crippen LogP contribution < -0.4 is 10.0 Å². The Morgan fingerprint density at radius 2 is 1.50 bits per heavy atom. The molecule has 0 radical (unpaired) electrons. The lowest BCUT2D eigenvalue weighted by atomic mass is 10.0. The first kappa shape index (κ1) is 21.4. The standard InChI is InChI=1S/C20H24N2O5S/c1-12-10-13(2)15(4)19(14(12)3)28(25,26)22-17-8-6-16(7-9-17)20(24)21-11-18(23)27-5/h6-10,22H,11H2,1-5H3,(H,21,24). The molecule has 0 heterocycles. The Labute approximate surface area is 165 Å². The highest BCUT2D eigenvalue weighted by Gasteiger charge is 2.22. The Bertz CT molecular complexity index is 986. The van der Waals surface area contributed by atoms with Crippen molar-refractivity contribution >= 4 is 27.6 Å². The lowest BCUT2D eigenvalue weighted by molar-refractivity contribution is -0.139. The van der Waals surface area contributed by atoms with Gasteiger partial charge in [-0.2, -0.15) is 0 Å². The second kappa shape index (κ2) is 8.43. The second-order valence-electron chi connectivity index (χ2n) is 6.53. The first-order valence-corrected chi connectivity index (χ1v) is 10.1. The topological polar surface area (TPSA) is 102 Å². The van der Waals surface area contributed by atoms with E-state index in [9.17, 15) is 18.0 Å². The number of nitrogens with one attached hydrogen (secondary N) is 2. The number of methoxy groups -OCH3 is 1. The van der Waals surface area contributed by atoms with Gasteiger partial charge in [-0.3, -0.25) is 14.3 Å². The van der Waals surface area contributed by atoms with Crippen LogP contribution in [-0.4, -0.2) is 33.9 Å². The van der Waals surface area contributed by atoms with Gasteiger partial charge in [-0.25, -0.2) is 8.42 Å². The highest BCUT2D eigenvalue weighted by Crippen LogP contribution is 2.27. The average Bonchev–Trinajstić information content (AvgIpc) is 2.64. The SMILES string of the molecule is COC(=O)CNC(=O)c1ccc(NS(=O)(=O)c2c(C)c(C)cc(C)c2C)cc1. The average molecular weight is 404 g/mol. The molecule has 0 fully saturated rings. The predicted octanol–water partition coefficient (Wildman–Crippen LogP) is 2.62. The minimum absolute atomic E-state index is 0.241. The smallest absolute Gasteiger partial charge is 0.325 e. The quantitative estimate of drug-likeness (QED) is 0.721. The zero-order chi connectivity index (χ0) is 21.1. The highest BCUT2D eigenvalue weighted by molar-refractivity contribution is 7.92. The van der Waals surface area contributed by atoms with Crippen LogP contribution in [0.5, 0.6) is 0 Å². The summed E-state index contributed by atoms with van der Waals surface area (Å²) in [6, 6.07) is 7.92. The summed E-state index contributed by atoms with van der Waals surface area (Å²) in [7, 11) is -2.56. The van der Waals surface area contributed by atoms with Crippen LogP contribution in [0.2, 0.25) is 0 Å². The molecule has 2 rings (SSSR count). The zero-order valence-corrected chi connectivity index (χ0v) is 17.4. The van der Waals surface area contributed by atoms with E-state index in [1.54, 1.807) is 13.8 Å². The number of rotatable bonds is 6. The summed E-state index contributed by atoms with van der Waals surface area (Å²) in [6.07, 6.45) is 0. The number of anilines is 1. The fraction of sp³-hybridized carbons (Fsp3) is 0.300. The summed E-state index contributed by atoms with van der Waals surface area (Å²) in [5.41, 5.74) is 3.85. The summed E-state index contributed by atoms with van der Waals surface area (Å²) in [4.78, 5) is 23.3. The Kier molecular flexibility index (Phi) is 6.45. The highest BCUT2D eigenvalue weighted by atomic mass is 32.2. The lowest BCUT2D eigenvalue weighted by Gasteiger charge is -2.17. The van der Waals surface area contributed by atoms with Crippen LogP contribution in [0.1, 0.15) is 32.6 Å². The number of hydrogen-bond acceptors (Lipinski definition) is 5. The molecular formula is C20H24N2O5S. The minimum Gasteiger partial charge on any atom is -0.468 e. The molecule has 7 nitrogen and oxygen atoms in total. The van der Waals surface area contributed by atoms with E-state index in [2.05, 4.69) is 14.8 Å². The minimum atomic E-state index is -3.79. The molecule has 0 atom stereocenters. The fourth-order valence-corrected chi connectivity index (χ4v) is 4.48. The van der Waals surface area contributed by atoms with Gasteiger partial charge in [0.25, 0.3) is 15.9 Å². The van der Waals surface area contributed by atoms with Gasteiger partial charge in [-0.05, 0) is 74.2 Å². The number of sulfonamides is 1. The van der Waals surface area contributed by atoms with Crippen molar-refractivity contribution in [2.24, 2.45) is 0 Å². The Morgan fingerprint density at radius 1 is 0.964 bits per heavy atom. The molecule has 0 saturated heterocycles. The maximum atomic E-state index is 12.9. The Balaban J connectivity index is 2.22. The molecule has 2 aromatic carbocycles. The molecule has 8 heteroatoms. The molecular weight excluding hydrogens is 380 g/mol. The van der Waals surface area contributed by atoms with E-state index in [0.29, 0.717) is 22.4 Å². The van der Waals surface area contributed by atoms with Gasteiger partial charge in [0.1, 0.15) is 6.54 Å². The van der Waals surface area contributed by atoms with Crippen LogP contribution >= 0.6 is 0 Å². The van der Waals surface area contributed by atoms with Gasteiger partial charge in [-0.15, -0.1) is 0 Å². The van der Waals surface area contributed by atoms with E-state index < -0.39 is 21.9 Å². The van der Waals surface area contributed by atoms with Crippen LogP contribution in [0.3, 0.4) is 0 Å². The third-order valence-electron chi connectivity index (χ3n) is 4.59. The molecule has 0 aliphatic carbocycles. The van der Waals surface area contributed by atoms with Crippen molar-refractivity contribution in [2.45, 2.75) is 32.6 Å². The maximum Gasteiger partial charge on any atom is 0.325 e. The number of amides is 1. The number of carbonyl (C=O) groups excluding carboxylic acids is 2. The van der Waals surface area contributed by atoms with Crippen LogP contribution in [0, 0.1) is 27.7 Å². The van der Waals surface area contributed by atoms with Crippen LogP contribution in [0.4, 0.5) is 5.69 Å². The zero-order valence-electron chi connectivity index (χ0n) is 16.5. The summed E-state index contributed by atoms with van der Waals surface area (Å²) < 4.78 is 32.9. The number of carbonyl (C=O) groups is 2. The summed E-state index contributed by atoms with van der Waals surface area (Å²) in [6.45, 7) is 7.08. The molecule has 0 bridgehead atoms. The van der Waals surface area contributed by atoms with E-state index in [1.807, 2.05) is 19.9 Å². The number of hydrogen-bond donors (Lipinski definition) is 2. The molecule has 0 saturated carbocycles. The van der Waals surface area contributed by atoms with Crippen LogP contribution in [-0.2, 0) is 19.6 Å². The van der Waals surface area contributed by atoms with Crippen molar-refractivity contribution in [3.05, 3.63) is 58.1 Å². The third-order valence-corrected chi connectivity index (χ3v) is 6.24. The van der Waals surface area contributed by atoms with E-state index in [0.717, 1.165) is 11.1 Å². The predicted molar refractivity (Wildman–Crippen MR) is 107 cm³/mol. The van der Waals surface area contributed by atoms with Gasteiger partial charge in [0.2, 0.25) is 0 Å². The van der Waals surface area contributed by atoms with Crippen molar-refractivity contribution in [2.75, 3.05) is 18.4 Å². The van der Waals surface area contributed by atoms with Gasteiger partial charge in [0.15, 0.2) is 0 Å². The summed E-state index contributed by atoms with van der Waals surface area (Å²) in [5, 5.41) is 2.42. The molecule has 2 aromatic rings. The molecule has 0 aliphatic rings. The Hall–Kier alpha value is -2.87.